The fraction of sp³-hybridized carbons (Fsp3) is 0.875. The molecule has 0 spiro atoms. The second-order valence-electron chi connectivity index (χ2n) is 7.29. The van der Waals surface area contributed by atoms with Crippen LogP contribution in [-0.4, -0.2) is 88.9 Å². The van der Waals surface area contributed by atoms with Gasteiger partial charge in [0.05, 0.1) is 25.0 Å². The Morgan fingerprint density at radius 1 is 1.31 bits per heavy atom. The zero-order valence-electron chi connectivity index (χ0n) is 16.4. The summed E-state index contributed by atoms with van der Waals surface area (Å²) in [6.45, 7) is 8.01. The molecule has 9 nitrogen and oxygen atoms in total. The van der Waals surface area contributed by atoms with Crippen LogP contribution in [0, 0.1) is 0 Å². The lowest BCUT2D eigenvalue weighted by atomic mass is 10.2. The number of amides is 1. The maximum Gasteiger partial charge on any atom is 0.407 e. The molecule has 0 saturated carbocycles. The van der Waals surface area contributed by atoms with Gasteiger partial charge in [0.25, 0.3) is 0 Å². The van der Waals surface area contributed by atoms with Crippen LogP contribution < -0.4 is 10.6 Å². The number of guanidine groups is 1. The third-order valence-electron chi connectivity index (χ3n) is 3.55. The Balaban J connectivity index is 2.29. The summed E-state index contributed by atoms with van der Waals surface area (Å²) in [5.41, 5.74) is -0.517. The number of rotatable bonds is 7. The molecular weight excluding hydrogens is 360 g/mol. The number of ether oxygens (including phenoxy) is 2. The first-order valence-corrected chi connectivity index (χ1v) is 10.8. The van der Waals surface area contributed by atoms with Crippen LogP contribution >= 0.6 is 0 Å². The molecule has 1 aliphatic heterocycles. The first-order chi connectivity index (χ1) is 12.0. The highest BCUT2D eigenvalue weighted by Gasteiger charge is 2.27. The second kappa shape index (κ2) is 9.96. The monoisotopic (exact) mass is 392 g/mol. The molecule has 0 radical (unpaired) electrons. The fourth-order valence-corrected chi connectivity index (χ4v) is 2.84. The lowest BCUT2D eigenvalue weighted by molar-refractivity contribution is 0.0507. The van der Waals surface area contributed by atoms with E-state index in [1.165, 1.54) is 6.26 Å². The molecule has 1 amide bonds. The Kier molecular flexibility index (Phi) is 8.61. The summed E-state index contributed by atoms with van der Waals surface area (Å²) in [5, 5.41) is 6.05. The molecule has 1 atom stereocenters. The van der Waals surface area contributed by atoms with Gasteiger partial charge in [0, 0.05) is 32.9 Å². The van der Waals surface area contributed by atoms with Crippen LogP contribution in [0.2, 0.25) is 0 Å². The van der Waals surface area contributed by atoms with Crippen molar-refractivity contribution in [3.8, 4) is 0 Å². The number of carbonyl (C=O) groups excluding carboxylic acids is 1. The molecule has 1 fully saturated rings. The van der Waals surface area contributed by atoms with E-state index < -0.39 is 21.5 Å². The van der Waals surface area contributed by atoms with Crippen LogP contribution in [0.5, 0.6) is 0 Å². The first-order valence-electron chi connectivity index (χ1n) is 8.71. The van der Waals surface area contributed by atoms with Crippen molar-refractivity contribution in [1.82, 2.24) is 15.5 Å². The zero-order chi connectivity index (χ0) is 19.8. The van der Waals surface area contributed by atoms with Gasteiger partial charge in [0.15, 0.2) is 5.96 Å². The number of nitrogens with one attached hydrogen (secondary N) is 2. The molecule has 1 unspecified atom stereocenters. The minimum atomic E-state index is -3.00. The van der Waals surface area contributed by atoms with E-state index in [9.17, 15) is 13.2 Å². The number of nitrogens with zero attached hydrogens (tertiary/aromatic N) is 2. The number of sulfone groups is 1. The maximum atomic E-state index is 11.8. The molecular formula is C16H32N4O5S. The highest BCUT2D eigenvalue weighted by Crippen LogP contribution is 2.11. The Hall–Kier alpha value is -1.55. The lowest BCUT2D eigenvalue weighted by Crippen LogP contribution is -2.44. The third-order valence-corrected chi connectivity index (χ3v) is 4.46. The van der Waals surface area contributed by atoms with Gasteiger partial charge < -0.3 is 25.0 Å². The van der Waals surface area contributed by atoms with E-state index in [0.717, 1.165) is 18.9 Å². The van der Waals surface area contributed by atoms with Crippen LogP contribution in [0.4, 0.5) is 4.79 Å². The van der Waals surface area contributed by atoms with Crippen LogP contribution in [0.3, 0.4) is 0 Å². The van der Waals surface area contributed by atoms with Crippen LogP contribution in [0.1, 0.15) is 27.2 Å². The van der Waals surface area contributed by atoms with Crippen LogP contribution in [0.15, 0.2) is 4.99 Å². The lowest BCUT2D eigenvalue weighted by Gasteiger charge is -2.23. The summed E-state index contributed by atoms with van der Waals surface area (Å²) in [6.07, 6.45) is 1.59. The number of likely N-dealkylation sites (tertiary alicyclic amines) is 1. The van der Waals surface area contributed by atoms with Crippen molar-refractivity contribution >= 4 is 21.9 Å². The number of carbonyl (C=O) groups is 1. The maximum absolute atomic E-state index is 11.8. The summed E-state index contributed by atoms with van der Waals surface area (Å²) >= 11 is 0. The normalized spacial score (nSPS) is 18.7. The molecule has 0 aliphatic carbocycles. The fourth-order valence-electron chi connectivity index (χ4n) is 2.42. The highest BCUT2D eigenvalue weighted by atomic mass is 32.2. The molecule has 2 N–H and O–H groups in total. The largest absolute Gasteiger partial charge is 0.444 e. The summed E-state index contributed by atoms with van der Waals surface area (Å²) in [7, 11) is -1.30. The van der Waals surface area contributed by atoms with E-state index in [-0.39, 0.29) is 18.4 Å². The Labute approximate surface area is 156 Å². The third kappa shape index (κ3) is 9.81. The van der Waals surface area contributed by atoms with Crippen molar-refractivity contribution < 1.29 is 22.7 Å². The van der Waals surface area contributed by atoms with Gasteiger partial charge in [-0.25, -0.2) is 13.2 Å². The van der Waals surface area contributed by atoms with Crippen LogP contribution in [-0.2, 0) is 19.3 Å². The van der Waals surface area contributed by atoms with Crippen molar-refractivity contribution in [2.24, 2.45) is 4.99 Å². The minimum Gasteiger partial charge on any atom is -0.444 e. The van der Waals surface area contributed by atoms with Crippen LogP contribution in [0.25, 0.3) is 0 Å². The number of aliphatic imine (C=N–C) groups is 1. The molecule has 0 aromatic rings. The molecule has 10 heteroatoms. The molecule has 0 aromatic carbocycles. The Morgan fingerprint density at radius 3 is 2.58 bits per heavy atom. The van der Waals surface area contributed by atoms with E-state index in [1.807, 2.05) is 20.8 Å². The van der Waals surface area contributed by atoms with E-state index in [4.69, 9.17) is 9.47 Å². The average Bonchev–Trinajstić information content (AvgIpc) is 2.91. The van der Waals surface area contributed by atoms with Gasteiger partial charge in [-0.3, -0.25) is 4.99 Å². The van der Waals surface area contributed by atoms with Crippen molar-refractivity contribution in [2.45, 2.75) is 38.8 Å². The minimum absolute atomic E-state index is 0.00871. The summed E-state index contributed by atoms with van der Waals surface area (Å²) < 4.78 is 32.6. The second-order valence-corrected chi connectivity index (χ2v) is 9.55. The van der Waals surface area contributed by atoms with Gasteiger partial charge in [-0.05, 0) is 27.2 Å². The molecule has 1 rings (SSSR count). The number of alkyl carbamates (subject to hydrolysis) is 1. The predicted molar refractivity (Wildman–Crippen MR) is 101 cm³/mol. The predicted octanol–water partition coefficient (Wildman–Crippen LogP) is 0.222. The molecule has 26 heavy (non-hydrogen) atoms. The van der Waals surface area contributed by atoms with Gasteiger partial charge in [-0.15, -0.1) is 0 Å². The van der Waals surface area contributed by atoms with Gasteiger partial charge in [0.2, 0.25) is 0 Å². The quantitative estimate of drug-likeness (QED) is 0.362. The Morgan fingerprint density at radius 2 is 2.00 bits per heavy atom. The van der Waals surface area contributed by atoms with E-state index in [2.05, 4.69) is 20.5 Å². The molecule has 1 aliphatic rings. The van der Waals surface area contributed by atoms with Gasteiger partial charge >= 0.3 is 6.09 Å². The van der Waals surface area contributed by atoms with Crippen molar-refractivity contribution in [1.29, 1.82) is 0 Å². The molecule has 1 heterocycles. The standard InChI is InChI=1S/C16H32N4O5S/c1-16(2,3)25-15(21)19-13-6-8-20(12-13)14(17-4)18-7-9-24-10-11-26(5,22)23/h13H,6-12H2,1-5H3,(H,17,18)(H,19,21). The Bertz CT molecular complexity index is 586. The van der Waals surface area contributed by atoms with Crippen molar-refractivity contribution in [3.63, 3.8) is 0 Å². The zero-order valence-corrected chi connectivity index (χ0v) is 17.2. The molecule has 1 saturated heterocycles. The smallest absolute Gasteiger partial charge is 0.407 e. The first kappa shape index (κ1) is 22.5. The van der Waals surface area contributed by atoms with Crippen molar-refractivity contribution in [3.05, 3.63) is 0 Å². The van der Waals surface area contributed by atoms with Gasteiger partial charge in [-0.2, -0.15) is 0 Å². The average molecular weight is 393 g/mol. The molecule has 0 aromatic heterocycles. The van der Waals surface area contributed by atoms with E-state index in [1.54, 1.807) is 7.05 Å². The highest BCUT2D eigenvalue weighted by molar-refractivity contribution is 7.90. The summed E-state index contributed by atoms with van der Waals surface area (Å²) in [5.74, 6) is 0.747. The number of hydrogen-bond donors (Lipinski definition) is 2. The number of hydrogen-bond acceptors (Lipinski definition) is 6. The SMILES string of the molecule is CN=C(NCCOCCS(C)(=O)=O)N1CCC(NC(=O)OC(C)(C)C)C1. The summed E-state index contributed by atoms with van der Waals surface area (Å²) in [4.78, 5) is 18.1. The van der Waals surface area contributed by atoms with Gasteiger partial charge in [0.1, 0.15) is 15.4 Å². The summed E-state index contributed by atoms with van der Waals surface area (Å²) in [6, 6.07) is 0.00871. The van der Waals surface area contributed by atoms with Gasteiger partial charge in [-0.1, -0.05) is 0 Å². The van der Waals surface area contributed by atoms with E-state index >= 15 is 0 Å². The van der Waals surface area contributed by atoms with E-state index in [0.29, 0.717) is 19.7 Å². The van der Waals surface area contributed by atoms with Crippen molar-refractivity contribution in [2.75, 3.05) is 51.9 Å². The topological polar surface area (TPSA) is 109 Å². The molecule has 152 valence electrons. The molecule has 0 bridgehead atoms.